The van der Waals surface area contributed by atoms with Gasteiger partial charge in [-0.25, -0.2) is 0 Å². The molecule has 0 unspecified atom stereocenters. The molecule has 126 valence electrons. The van der Waals surface area contributed by atoms with Gasteiger partial charge in [-0.2, -0.15) is 0 Å². The highest BCUT2D eigenvalue weighted by molar-refractivity contribution is 5.67. The standard InChI is InChI=1S/C18H30O4/c1-7-14(11-16(19)20)15-12-18(6,10-8-9-13(2)3)22-17(4,5)21-15/h7,9,14-15H,1,8,10-12H2,2-6H3,(H,19,20)/t14-,15-,18+/m1/s1. The number of carboxylic acid groups (broad SMARTS) is 1. The van der Waals surface area contributed by atoms with Gasteiger partial charge in [0.05, 0.1) is 18.1 Å². The Morgan fingerprint density at radius 2 is 2.05 bits per heavy atom. The van der Waals surface area contributed by atoms with E-state index in [2.05, 4.69) is 33.4 Å². The van der Waals surface area contributed by atoms with Crippen LogP contribution in [0.5, 0.6) is 0 Å². The molecule has 0 saturated carbocycles. The molecule has 3 atom stereocenters. The Morgan fingerprint density at radius 1 is 1.41 bits per heavy atom. The lowest BCUT2D eigenvalue weighted by Gasteiger charge is -2.48. The van der Waals surface area contributed by atoms with Gasteiger partial charge in [-0.1, -0.05) is 17.7 Å². The lowest BCUT2D eigenvalue weighted by molar-refractivity contribution is -0.336. The topological polar surface area (TPSA) is 55.8 Å². The summed E-state index contributed by atoms with van der Waals surface area (Å²) in [4.78, 5) is 11.0. The second kappa shape index (κ2) is 7.42. The molecule has 0 aromatic heterocycles. The largest absolute Gasteiger partial charge is 0.481 e. The maximum Gasteiger partial charge on any atom is 0.304 e. The highest BCUT2D eigenvalue weighted by atomic mass is 16.7. The molecular weight excluding hydrogens is 280 g/mol. The zero-order valence-corrected chi connectivity index (χ0v) is 14.5. The average molecular weight is 310 g/mol. The predicted molar refractivity (Wildman–Crippen MR) is 87.7 cm³/mol. The van der Waals surface area contributed by atoms with E-state index >= 15 is 0 Å². The van der Waals surface area contributed by atoms with Crippen LogP contribution in [-0.2, 0) is 14.3 Å². The lowest BCUT2D eigenvalue weighted by atomic mass is 9.84. The van der Waals surface area contributed by atoms with Crippen molar-refractivity contribution in [2.24, 2.45) is 5.92 Å². The maximum absolute atomic E-state index is 11.0. The van der Waals surface area contributed by atoms with Gasteiger partial charge >= 0.3 is 5.97 Å². The van der Waals surface area contributed by atoms with E-state index in [1.165, 1.54) is 5.57 Å². The van der Waals surface area contributed by atoms with Crippen LogP contribution in [0.4, 0.5) is 0 Å². The van der Waals surface area contributed by atoms with Crippen molar-refractivity contribution < 1.29 is 19.4 Å². The van der Waals surface area contributed by atoms with E-state index in [1.54, 1.807) is 6.08 Å². The van der Waals surface area contributed by atoms with Crippen LogP contribution in [0.1, 0.15) is 60.3 Å². The minimum absolute atomic E-state index is 0.0360. The molecule has 4 nitrogen and oxygen atoms in total. The Morgan fingerprint density at radius 3 is 2.55 bits per heavy atom. The van der Waals surface area contributed by atoms with E-state index in [0.717, 1.165) is 12.8 Å². The number of hydrogen-bond donors (Lipinski definition) is 1. The van der Waals surface area contributed by atoms with Crippen LogP contribution in [0, 0.1) is 5.92 Å². The van der Waals surface area contributed by atoms with Crippen molar-refractivity contribution in [1.82, 2.24) is 0 Å². The molecule has 1 fully saturated rings. The molecule has 0 amide bonds. The zero-order chi connectivity index (χ0) is 17.0. The lowest BCUT2D eigenvalue weighted by Crippen LogP contribution is -2.52. The van der Waals surface area contributed by atoms with Crippen LogP contribution < -0.4 is 0 Å². The first-order valence-corrected chi connectivity index (χ1v) is 7.92. The Hall–Kier alpha value is -1.13. The summed E-state index contributed by atoms with van der Waals surface area (Å²) in [5, 5.41) is 9.07. The Labute approximate surface area is 134 Å². The molecule has 0 spiro atoms. The summed E-state index contributed by atoms with van der Waals surface area (Å²) >= 11 is 0. The van der Waals surface area contributed by atoms with Crippen molar-refractivity contribution in [1.29, 1.82) is 0 Å². The minimum atomic E-state index is -0.830. The second-order valence-corrected chi connectivity index (χ2v) is 7.13. The van der Waals surface area contributed by atoms with E-state index in [9.17, 15) is 4.79 Å². The molecule has 1 heterocycles. The zero-order valence-electron chi connectivity index (χ0n) is 14.5. The van der Waals surface area contributed by atoms with Gasteiger partial charge in [-0.3, -0.25) is 4.79 Å². The van der Waals surface area contributed by atoms with Gasteiger partial charge in [0, 0.05) is 12.3 Å². The van der Waals surface area contributed by atoms with Crippen LogP contribution in [0.15, 0.2) is 24.3 Å². The summed E-state index contributed by atoms with van der Waals surface area (Å²) in [6.45, 7) is 13.8. The Balaban J connectivity index is 2.85. The van der Waals surface area contributed by atoms with Crippen molar-refractivity contribution in [3.05, 3.63) is 24.3 Å². The molecule has 0 aliphatic carbocycles. The first kappa shape index (κ1) is 18.9. The minimum Gasteiger partial charge on any atom is -0.481 e. The van der Waals surface area contributed by atoms with Gasteiger partial charge in [-0.15, -0.1) is 6.58 Å². The van der Waals surface area contributed by atoms with Crippen LogP contribution in [0.3, 0.4) is 0 Å². The van der Waals surface area contributed by atoms with Crippen LogP contribution in [0.2, 0.25) is 0 Å². The van der Waals surface area contributed by atoms with Crippen molar-refractivity contribution in [2.75, 3.05) is 0 Å². The third kappa shape index (κ3) is 5.93. The summed E-state index contributed by atoms with van der Waals surface area (Å²) < 4.78 is 12.1. The summed E-state index contributed by atoms with van der Waals surface area (Å²) in [6, 6.07) is 0. The fourth-order valence-electron chi connectivity index (χ4n) is 3.12. The van der Waals surface area contributed by atoms with Crippen LogP contribution >= 0.6 is 0 Å². The normalized spacial score (nSPS) is 28.7. The molecule has 0 aromatic carbocycles. The van der Waals surface area contributed by atoms with E-state index in [1.807, 2.05) is 13.8 Å². The third-order valence-electron chi connectivity index (χ3n) is 3.98. The van der Waals surface area contributed by atoms with E-state index in [4.69, 9.17) is 14.6 Å². The van der Waals surface area contributed by atoms with Crippen LogP contribution in [0.25, 0.3) is 0 Å². The summed E-state index contributed by atoms with van der Waals surface area (Å²) in [5.74, 6) is -1.75. The molecule has 0 bridgehead atoms. The Bertz CT molecular complexity index is 434. The third-order valence-corrected chi connectivity index (χ3v) is 3.98. The highest BCUT2D eigenvalue weighted by Gasteiger charge is 2.44. The van der Waals surface area contributed by atoms with Gasteiger partial charge in [0.15, 0.2) is 5.79 Å². The van der Waals surface area contributed by atoms with Gasteiger partial charge in [0.2, 0.25) is 0 Å². The molecule has 4 heteroatoms. The van der Waals surface area contributed by atoms with E-state index in [-0.39, 0.29) is 24.0 Å². The van der Waals surface area contributed by atoms with Crippen molar-refractivity contribution in [3.8, 4) is 0 Å². The summed E-state index contributed by atoms with van der Waals surface area (Å²) in [5.41, 5.74) is 0.972. The number of rotatable bonds is 7. The van der Waals surface area contributed by atoms with E-state index in [0.29, 0.717) is 6.42 Å². The molecule has 1 saturated heterocycles. The predicted octanol–water partition coefficient (Wildman–Crippen LogP) is 4.31. The second-order valence-electron chi connectivity index (χ2n) is 7.13. The summed E-state index contributed by atoms with van der Waals surface area (Å²) in [6.07, 6.45) is 6.25. The number of ether oxygens (including phenoxy) is 2. The number of allylic oxidation sites excluding steroid dienone is 2. The summed E-state index contributed by atoms with van der Waals surface area (Å²) in [7, 11) is 0. The molecule has 1 aliphatic heterocycles. The van der Waals surface area contributed by atoms with Gasteiger partial charge in [0.25, 0.3) is 0 Å². The van der Waals surface area contributed by atoms with Gasteiger partial charge in [0.1, 0.15) is 0 Å². The first-order chi connectivity index (χ1) is 10.1. The Kier molecular flexibility index (Phi) is 6.38. The molecule has 1 N–H and O–H groups in total. The molecule has 22 heavy (non-hydrogen) atoms. The molecule has 1 aliphatic rings. The van der Waals surface area contributed by atoms with Crippen molar-refractivity contribution in [2.45, 2.75) is 77.8 Å². The molecular formula is C18H30O4. The number of aliphatic carboxylic acids is 1. The fraction of sp³-hybridized carbons (Fsp3) is 0.722. The van der Waals surface area contributed by atoms with Crippen molar-refractivity contribution in [3.63, 3.8) is 0 Å². The number of carboxylic acids is 1. The molecule has 0 aromatic rings. The SMILES string of the molecule is C=C[C@H](CC(=O)O)[C@H]1C[C@](C)(CCC=C(C)C)OC(C)(C)O1. The first-order valence-electron chi connectivity index (χ1n) is 7.92. The highest BCUT2D eigenvalue weighted by Crippen LogP contribution is 2.40. The maximum atomic E-state index is 11.0. The quantitative estimate of drug-likeness (QED) is 0.712. The van der Waals surface area contributed by atoms with E-state index < -0.39 is 11.8 Å². The van der Waals surface area contributed by atoms with Gasteiger partial charge < -0.3 is 14.6 Å². The molecule has 0 radical (unpaired) electrons. The smallest absolute Gasteiger partial charge is 0.304 e. The van der Waals surface area contributed by atoms with Gasteiger partial charge in [-0.05, 0) is 47.5 Å². The van der Waals surface area contributed by atoms with Crippen molar-refractivity contribution >= 4 is 5.97 Å². The fourth-order valence-corrected chi connectivity index (χ4v) is 3.12. The van der Waals surface area contributed by atoms with Crippen LogP contribution in [-0.4, -0.2) is 28.6 Å². The number of hydrogen-bond acceptors (Lipinski definition) is 3. The number of carbonyl (C=O) groups is 1. The molecule has 1 rings (SSSR count). The average Bonchev–Trinajstić information content (AvgIpc) is 2.32. The monoisotopic (exact) mass is 310 g/mol.